The average Bonchev–Trinajstić information content (AvgIpc) is 3.33. The zero-order valence-corrected chi connectivity index (χ0v) is 24.0. The van der Waals surface area contributed by atoms with Crippen LogP contribution in [0.3, 0.4) is 0 Å². The molecule has 0 bridgehead atoms. The second-order valence-electron chi connectivity index (χ2n) is 9.02. The summed E-state index contributed by atoms with van der Waals surface area (Å²) >= 11 is 12.7. The predicted octanol–water partition coefficient (Wildman–Crippen LogP) is 4.60. The molecule has 0 saturated carbocycles. The number of carbonyl (C=O) groups is 2. The highest BCUT2D eigenvalue weighted by Crippen LogP contribution is 2.36. The maximum atomic E-state index is 13.4. The summed E-state index contributed by atoms with van der Waals surface area (Å²) in [5.74, 6) is 0.391. The summed E-state index contributed by atoms with van der Waals surface area (Å²) in [6, 6.07) is 9.14. The standard InChI is InChI=1S/C26H33Cl2N3O6S/c1-4-5-13-29-26(33)18(2)30(16-20-21(27)8-6-9-22(20)28)25(32)10-7-14-31(38(3,34)35)19-11-12-23-24(15-19)37-17-36-23/h6,8-9,11-12,15,18H,4-5,7,10,13-14,16-17H2,1-3H3,(H,29,33)/t18-/m1/s1. The van der Waals surface area contributed by atoms with Crippen LogP contribution in [0, 0.1) is 0 Å². The van der Waals surface area contributed by atoms with Crippen molar-refractivity contribution < 1.29 is 27.5 Å². The molecule has 9 nitrogen and oxygen atoms in total. The van der Waals surface area contributed by atoms with Gasteiger partial charge >= 0.3 is 0 Å². The third-order valence-corrected chi connectivity index (χ3v) is 8.09. The van der Waals surface area contributed by atoms with Crippen LogP contribution in [0.1, 0.15) is 45.1 Å². The highest BCUT2D eigenvalue weighted by molar-refractivity contribution is 7.92. The summed E-state index contributed by atoms with van der Waals surface area (Å²) in [5, 5.41) is 3.64. The third-order valence-electron chi connectivity index (χ3n) is 6.18. The maximum absolute atomic E-state index is 13.4. The maximum Gasteiger partial charge on any atom is 0.242 e. The average molecular weight is 587 g/mol. The minimum atomic E-state index is -3.64. The van der Waals surface area contributed by atoms with E-state index in [9.17, 15) is 18.0 Å². The summed E-state index contributed by atoms with van der Waals surface area (Å²) in [4.78, 5) is 27.7. The first-order valence-electron chi connectivity index (χ1n) is 12.4. The van der Waals surface area contributed by atoms with Crippen molar-refractivity contribution in [1.29, 1.82) is 0 Å². The van der Waals surface area contributed by atoms with Crippen LogP contribution < -0.4 is 19.1 Å². The molecule has 0 unspecified atom stereocenters. The highest BCUT2D eigenvalue weighted by Gasteiger charge is 2.28. The highest BCUT2D eigenvalue weighted by atomic mass is 35.5. The molecule has 1 aliphatic rings. The minimum absolute atomic E-state index is 0.00518. The number of fused-ring (bicyclic) bond motifs is 1. The second kappa shape index (κ2) is 13.4. The van der Waals surface area contributed by atoms with Gasteiger partial charge in [0.25, 0.3) is 0 Å². The monoisotopic (exact) mass is 585 g/mol. The Labute approximate surface area is 234 Å². The van der Waals surface area contributed by atoms with E-state index in [2.05, 4.69) is 5.32 Å². The number of nitrogens with zero attached hydrogens (tertiary/aromatic N) is 2. The zero-order valence-electron chi connectivity index (χ0n) is 21.7. The first-order valence-corrected chi connectivity index (χ1v) is 15.0. The Morgan fingerprint density at radius 3 is 2.42 bits per heavy atom. The minimum Gasteiger partial charge on any atom is -0.454 e. The fraction of sp³-hybridized carbons (Fsp3) is 0.462. The molecule has 0 saturated heterocycles. The van der Waals surface area contributed by atoms with Gasteiger partial charge in [-0.2, -0.15) is 0 Å². The predicted molar refractivity (Wildman–Crippen MR) is 148 cm³/mol. The SMILES string of the molecule is CCCCNC(=O)[C@@H](C)N(Cc1c(Cl)cccc1Cl)C(=O)CCCN(c1ccc2c(c1)OCO2)S(C)(=O)=O. The number of rotatable bonds is 13. The van der Waals surface area contributed by atoms with Gasteiger partial charge in [-0.05, 0) is 44.0 Å². The number of anilines is 1. The second-order valence-corrected chi connectivity index (χ2v) is 11.7. The molecule has 2 aromatic rings. The van der Waals surface area contributed by atoms with Crippen LogP contribution in [0.5, 0.6) is 11.5 Å². The van der Waals surface area contributed by atoms with Crippen LogP contribution in [0.4, 0.5) is 5.69 Å². The van der Waals surface area contributed by atoms with E-state index in [0.29, 0.717) is 39.3 Å². The number of hydrogen-bond donors (Lipinski definition) is 1. The lowest BCUT2D eigenvalue weighted by molar-refractivity contribution is -0.140. The number of benzene rings is 2. The zero-order chi connectivity index (χ0) is 27.9. The summed E-state index contributed by atoms with van der Waals surface area (Å²) in [6.45, 7) is 4.35. The van der Waals surface area contributed by atoms with Gasteiger partial charge in [0.15, 0.2) is 11.5 Å². The molecule has 1 N–H and O–H groups in total. The van der Waals surface area contributed by atoms with Crippen molar-refractivity contribution in [3.05, 3.63) is 52.0 Å². The van der Waals surface area contributed by atoms with Crippen molar-refractivity contribution in [3.8, 4) is 11.5 Å². The van der Waals surface area contributed by atoms with Crippen LogP contribution in [-0.4, -0.2) is 57.3 Å². The van der Waals surface area contributed by atoms with Gasteiger partial charge in [0.05, 0.1) is 11.9 Å². The number of amides is 2. The van der Waals surface area contributed by atoms with Crippen molar-refractivity contribution in [2.24, 2.45) is 0 Å². The van der Waals surface area contributed by atoms with Gasteiger partial charge in [-0.1, -0.05) is 42.6 Å². The molecule has 2 aromatic carbocycles. The van der Waals surface area contributed by atoms with Crippen LogP contribution >= 0.6 is 23.2 Å². The van der Waals surface area contributed by atoms with Crippen LogP contribution in [0.15, 0.2) is 36.4 Å². The smallest absolute Gasteiger partial charge is 0.242 e. The molecule has 1 atom stereocenters. The topological polar surface area (TPSA) is 105 Å². The molecule has 208 valence electrons. The van der Waals surface area contributed by atoms with Crippen LogP contribution in [0.2, 0.25) is 10.0 Å². The molecular formula is C26H33Cl2N3O6S. The molecule has 38 heavy (non-hydrogen) atoms. The van der Waals surface area contributed by atoms with Gasteiger partial charge in [0.2, 0.25) is 28.6 Å². The lowest BCUT2D eigenvalue weighted by Gasteiger charge is -2.30. The summed E-state index contributed by atoms with van der Waals surface area (Å²) in [7, 11) is -3.64. The lowest BCUT2D eigenvalue weighted by atomic mass is 10.1. The van der Waals surface area contributed by atoms with Crippen molar-refractivity contribution in [3.63, 3.8) is 0 Å². The van der Waals surface area contributed by atoms with Gasteiger partial charge < -0.3 is 19.7 Å². The van der Waals surface area contributed by atoms with E-state index in [-0.39, 0.29) is 44.5 Å². The molecule has 3 rings (SSSR count). The van der Waals surface area contributed by atoms with Crippen molar-refractivity contribution in [2.75, 3.05) is 30.4 Å². The Balaban J connectivity index is 1.75. The number of sulfonamides is 1. The van der Waals surface area contributed by atoms with E-state index in [1.165, 1.54) is 9.21 Å². The molecule has 0 spiro atoms. The summed E-state index contributed by atoms with van der Waals surface area (Å²) in [5.41, 5.74) is 0.947. The van der Waals surface area contributed by atoms with E-state index in [0.717, 1.165) is 19.1 Å². The molecule has 12 heteroatoms. The Morgan fingerprint density at radius 1 is 1.08 bits per heavy atom. The quantitative estimate of drug-likeness (QED) is 0.344. The molecule has 1 aliphatic heterocycles. The van der Waals surface area contributed by atoms with Crippen molar-refractivity contribution >= 4 is 50.7 Å². The number of ether oxygens (including phenoxy) is 2. The molecule has 1 heterocycles. The molecule has 2 amide bonds. The molecule has 0 aliphatic carbocycles. The normalized spacial score (nSPS) is 13.2. The first kappa shape index (κ1) is 29.9. The number of unbranched alkanes of at least 4 members (excludes halogenated alkanes) is 1. The van der Waals surface area contributed by atoms with E-state index < -0.39 is 16.1 Å². The first-order chi connectivity index (χ1) is 18.0. The van der Waals surface area contributed by atoms with Gasteiger partial charge in [-0.25, -0.2) is 8.42 Å². The fourth-order valence-corrected chi connectivity index (χ4v) is 5.49. The fourth-order valence-electron chi connectivity index (χ4n) is 4.02. The van der Waals surface area contributed by atoms with Crippen molar-refractivity contribution in [2.45, 2.75) is 52.1 Å². The number of hydrogen-bond acceptors (Lipinski definition) is 6. The Morgan fingerprint density at radius 2 is 1.76 bits per heavy atom. The Bertz CT molecular complexity index is 1240. The Kier molecular flexibility index (Phi) is 10.5. The van der Waals surface area contributed by atoms with E-state index in [1.54, 1.807) is 43.3 Å². The van der Waals surface area contributed by atoms with Gasteiger partial charge in [0.1, 0.15) is 6.04 Å². The largest absolute Gasteiger partial charge is 0.454 e. The number of carbonyl (C=O) groups excluding carboxylic acids is 2. The van der Waals surface area contributed by atoms with E-state index >= 15 is 0 Å². The van der Waals surface area contributed by atoms with E-state index in [1.807, 2.05) is 6.92 Å². The summed E-state index contributed by atoms with van der Waals surface area (Å²) in [6.07, 6.45) is 3.08. The number of nitrogens with one attached hydrogen (secondary N) is 1. The van der Waals surface area contributed by atoms with E-state index in [4.69, 9.17) is 32.7 Å². The lowest BCUT2D eigenvalue weighted by Crippen LogP contribution is -2.48. The Hall–Kier alpha value is -2.69. The van der Waals surface area contributed by atoms with Crippen LogP contribution in [0.25, 0.3) is 0 Å². The molecule has 0 aromatic heterocycles. The molecule has 0 fully saturated rings. The van der Waals surface area contributed by atoms with Crippen LogP contribution in [-0.2, 0) is 26.2 Å². The third kappa shape index (κ3) is 7.68. The van der Waals surface area contributed by atoms with Gasteiger partial charge in [-0.15, -0.1) is 0 Å². The van der Waals surface area contributed by atoms with Gasteiger partial charge in [0, 0.05) is 47.7 Å². The molecular weight excluding hydrogens is 553 g/mol. The molecule has 0 radical (unpaired) electrons. The van der Waals surface area contributed by atoms with Gasteiger partial charge in [-0.3, -0.25) is 13.9 Å². The summed E-state index contributed by atoms with van der Waals surface area (Å²) < 4.78 is 37.0. The van der Waals surface area contributed by atoms with Crippen molar-refractivity contribution in [1.82, 2.24) is 10.2 Å². The number of halogens is 2.